The molecule has 0 radical (unpaired) electrons. The number of hydrogen-bond donors (Lipinski definition) is 2. The topological polar surface area (TPSA) is 54.7 Å². The zero-order valence-electron chi connectivity index (χ0n) is 10.2. The summed E-state index contributed by atoms with van der Waals surface area (Å²) in [6.45, 7) is 0. The Hall–Kier alpha value is -1.65. The number of benzene rings is 2. The number of nitrogens with two attached hydrogens (primary N) is 1. The second-order valence-electron chi connectivity index (χ2n) is 4.05. The fourth-order valence-electron chi connectivity index (χ4n) is 1.81. The fraction of sp³-hybridized carbons (Fsp3) is 0.0714. The molecule has 0 atom stereocenters. The van der Waals surface area contributed by atoms with E-state index in [9.17, 15) is 0 Å². The normalized spacial score (nSPS) is 10.3. The molecule has 19 heavy (non-hydrogen) atoms. The molecule has 2 aromatic carbocycles. The number of fused-ring (bicyclic) bond motifs is 1. The highest BCUT2D eigenvalue weighted by Gasteiger charge is 2.04. The van der Waals surface area contributed by atoms with E-state index in [2.05, 4.69) is 9.97 Å². The first kappa shape index (κ1) is 13.8. The molecule has 0 fully saturated rings. The number of imidazole rings is 1. The van der Waals surface area contributed by atoms with Crippen molar-refractivity contribution in [3.8, 4) is 0 Å². The van der Waals surface area contributed by atoms with Crippen LogP contribution in [0.15, 0.2) is 53.7 Å². The van der Waals surface area contributed by atoms with Gasteiger partial charge in [0.2, 0.25) is 0 Å². The van der Waals surface area contributed by atoms with Crippen LogP contribution in [0.4, 0.5) is 5.69 Å². The lowest BCUT2D eigenvalue weighted by Gasteiger charge is -2.02. The number of nitrogens with one attached hydrogen (secondary N) is 1. The van der Waals surface area contributed by atoms with Crippen LogP contribution < -0.4 is 5.73 Å². The van der Waals surface area contributed by atoms with Crippen molar-refractivity contribution in [3.05, 3.63) is 54.1 Å². The van der Waals surface area contributed by atoms with E-state index in [0.29, 0.717) is 0 Å². The molecule has 0 aliphatic heterocycles. The molecule has 0 saturated carbocycles. The van der Waals surface area contributed by atoms with Crippen molar-refractivity contribution in [2.75, 3.05) is 5.73 Å². The molecule has 0 spiro atoms. The molecular weight excluding hydrogens is 278 g/mol. The Bertz CT molecular complexity index is 648. The van der Waals surface area contributed by atoms with Crippen molar-refractivity contribution in [1.29, 1.82) is 0 Å². The Morgan fingerprint density at radius 1 is 1.05 bits per heavy atom. The second kappa shape index (κ2) is 5.99. The summed E-state index contributed by atoms with van der Waals surface area (Å²) in [6, 6.07) is 16.0. The molecule has 3 N–H and O–H groups in total. The monoisotopic (exact) mass is 291 g/mol. The van der Waals surface area contributed by atoms with Gasteiger partial charge in [-0.25, -0.2) is 4.98 Å². The molecule has 0 amide bonds. The first-order valence-corrected chi connectivity index (χ1v) is 6.72. The smallest absolute Gasteiger partial charge is 0.166 e. The maximum absolute atomic E-state index is 5.92. The maximum Gasteiger partial charge on any atom is 0.166 e. The number of thioether (sulfide) groups is 1. The lowest BCUT2D eigenvalue weighted by molar-refractivity contribution is 1.08. The van der Waals surface area contributed by atoms with Crippen LogP contribution >= 0.6 is 24.2 Å². The number of para-hydroxylation sites is 3. The highest BCUT2D eigenvalue weighted by Crippen LogP contribution is 2.25. The average molecular weight is 292 g/mol. The summed E-state index contributed by atoms with van der Waals surface area (Å²) in [5, 5.41) is 0.930. The number of nitrogens with zero attached hydrogens (tertiary/aromatic N) is 1. The van der Waals surface area contributed by atoms with E-state index >= 15 is 0 Å². The maximum atomic E-state index is 5.92. The van der Waals surface area contributed by atoms with Crippen LogP contribution in [0.2, 0.25) is 0 Å². The predicted octanol–water partition coefficient (Wildman–Crippen LogP) is 3.86. The number of aromatic nitrogens is 2. The van der Waals surface area contributed by atoms with Crippen molar-refractivity contribution in [1.82, 2.24) is 9.97 Å². The van der Waals surface area contributed by atoms with E-state index in [-0.39, 0.29) is 12.4 Å². The summed E-state index contributed by atoms with van der Waals surface area (Å²) >= 11 is 1.67. The molecule has 3 aromatic rings. The number of halogens is 1. The Morgan fingerprint density at radius 3 is 2.58 bits per heavy atom. The highest BCUT2D eigenvalue weighted by atomic mass is 35.5. The molecule has 1 aromatic heterocycles. The van der Waals surface area contributed by atoms with Crippen LogP contribution in [0.1, 0.15) is 5.56 Å². The quantitative estimate of drug-likeness (QED) is 0.569. The molecule has 1 heterocycles. The van der Waals surface area contributed by atoms with Gasteiger partial charge in [-0.1, -0.05) is 42.1 Å². The third-order valence-corrected chi connectivity index (χ3v) is 3.71. The van der Waals surface area contributed by atoms with Crippen LogP contribution in [-0.2, 0) is 5.75 Å². The Balaban J connectivity index is 0.00000133. The molecule has 0 bridgehead atoms. The summed E-state index contributed by atoms with van der Waals surface area (Å²) in [5.41, 5.74) is 9.96. The number of hydrogen-bond acceptors (Lipinski definition) is 3. The second-order valence-corrected chi connectivity index (χ2v) is 5.01. The van der Waals surface area contributed by atoms with Crippen LogP contribution in [0.5, 0.6) is 0 Å². The molecule has 3 rings (SSSR count). The Morgan fingerprint density at radius 2 is 1.79 bits per heavy atom. The van der Waals surface area contributed by atoms with Crippen molar-refractivity contribution in [3.63, 3.8) is 0 Å². The zero-order chi connectivity index (χ0) is 12.4. The van der Waals surface area contributed by atoms with Crippen LogP contribution in [0.3, 0.4) is 0 Å². The van der Waals surface area contributed by atoms with E-state index in [0.717, 1.165) is 33.2 Å². The number of anilines is 1. The van der Waals surface area contributed by atoms with Gasteiger partial charge < -0.3 is 10.7 Å². The molecule has 0 unspecified atom stereocenters. The van der Waals surface area contributed by atoms with Gasteiger partial charge >= 0.3 is 0 Å². The Labute approximate surface area is 122 Å². The molecule has 98 valence electrons. The largest absolute Gasteiger partial charge is 0.398 e. The molecule has 0 aliphatic carbocycles. The summed E-state index contributed by atoms with van der Waals surface area (Å²) in [7, 11) is 0. The van der Waals surface area contributed by atoms with E-state index in [1.165, 1.54) is 0 Å². The van der Waals surface area contributed by atoms with E-state index < -0.39 is 0 Å². The predicted molar refractivity (Wildman–Crippen MR) is 83.8 cm³/mol. The molecule has 3 nitrogen and oxygen atoms in total. The summed E-state index contributed by atoms with van der Waals surface area (Å²) in [6.07, 6.45) is 0. The number of rotatable bonds is 3. The van der Waals surface area contributed by atoms with Gasteiger partial charge in [0.05, 0.1) is 11.0 Å². The fourth-order valence-corrected chi connectivity index (χ4v) is 2.71. The molecular formula is C14H14ClN3S. The number of H-pyrrole nitrogens is 1. The van der Waals surface area contributed by atoms with E-state index in [1.807, 2.05) is 48.5 Å². The van der Waals surface area contributed by atoms with Gasteiger partial charge in [-0.05, 0) is 23.8 Å². The zero-order valence-corrected chi connectivity index (χ0v) is 11.8. The third-order valence-electron chi connectivity index (χ3n) is 2.79. The average Bonchev–Trinajstić information content (AvgIpc) is 2.80. The van der Waals surface area contributed by atoms with E-state index in [4.69, 9.17) is 5.73 Å². The first-order valence-electron chi connectivity index (χ1n) is 5.74. The lowest BCUT2D eigenvalue weighted by Crippen LogP contribution is -1.91. The third kappa shape index (κ3) is 3.03. The first-order chi connectivity index (χ1) is 8.83. The Kier molecular flexibility index (Phi) is 4.35. The van der Waals surface area contributed by atoms with Gasteiger partial charge in [0.25, 0.3) is 0 Å². The SMILES string of the molecule is Cl.Nc1ccccc1CSc1nc2ccccc2[nH]1. The van der Waals surface area contributed by atoms with Crippen molar-refractivity contribution in [2.24, 2.45) is 0 Å². The number of aromatic amines is 1. The van der Waals surface area contributed by atoms with Gasteiger partial charge in [-0.2, -0.15) is 0 Å². The van der Waals surface area contributed by atoms with Gasteiger partial charge in [0.15, 0.2) is 5.16 Å². The summed E-state index contributed by atoms with van der Waals surface area (Å²) < 4.78 is 0. The van der Waals surface area contributed by atoms with Crippen molar-refractivity contribution < 1.29 is 0 Å². The van der Waals surface area contributed by atoms with Crippen LogP contribution in [0.25, 0.3) is 11.0 Å². The minimum absolute atomic E-state index is 0. The van der Waals surface area contributed by atoms with Gasteiger partial charge in [-0.15, -0.1) is 12.4 Å². The van der Waals surface area contributed by atoms with Crippen molar-refractivity contribution >= 4 is 40.9 Å². The standard InChI is InChI=1S/C14H13N3S.ClH/c15-11-6-2-1-5-10(11)9-18-14-16-12-7-3-4-8-13(12)17-14;/h1-8H,9,15H2,(H,16,17);1H. The summed E-state index contributed by atoms with van der Waals surface area (Å²) in [4.78, 5) is 7.82. The highest BCUT2D eigenvalue weighted by molar-refractivity contribution is 7.98. The number of nitrogen functional groups attached to an aromatic ring is 1. The van der Waals surface area contributed by atoms with Crippen LogP contribution in [-0.4, -0.2) is 9.97 Å². The van der Waals surface area contributed by atoms with Gasteiger partial charge in [0, 0.05) is 11.4 Å². The molecule has 0 aliphatic rings. The minimum atomic E-state index is 0. The van der Waals surface area contributed by atoms with Crippen LogP contribution in [0, 0.1) is 0 Å². The molecule has 0 saturated heterocycles. The lowest BCUT2D eigenvalue weighted by atomic mass is 10.2. The van der Waals surface area contributed by atoms with Gasteiger partial charge in [-0.3, -0.25) is 0 Å². The van der Waals surface area contributed by atoms with E-state index in [1.54, 1.807) is 11.8 Å². The van der Waals surface area contributed by atoms with Crippen molar-refractivity contribution in [2.45, 2.75) is 10.9 Å². The van der Waals surface area contributed by atoms with Gasteiger partial charge in [0.1, 0.15) is 0 Å². The molecule has 5 heteroatoms. The summed E-state index contributed by atoms with van der Waals surface area (Å²) in [5.74, 6) is 0.826. The minimum Gasteiger partial charge on any atom is -0.398 e.